The second-order valence-corrected chi connectivity index (χ2v) is 21.6. The number of amides is 7. The lowest BCUT2D eigenvalue weighted by Crippen LogP contribution is -2.59. The van der Waals surface area contributed by atoms with Crippen LogP contribution in [0.4, 0.5) is 4.79 Å². The summed E-state index contributed by atoms with van der Waals surface area (Å²) in [7, 11) is 9.77. The van der Waals surface area contributed by atoms with E-state index >= 15 is 0 Å². The molecule has 0 aromatic heterocycles. The summed E-state index contributed by atoms with van der Waals surface area (Å²) >= 11 is 0. The van der Waals surface area contributed by atoms with Gasteiger partial charge in [0.25, 0.3) is 0 Å². The van der Waals surface area contributed by atoms with Gasteiger partial charge in [0.2, 0.25) is 35.4 Å². The number of hydrogen-bond acceptors (Lipinski definition) is 16. The third-order valence-corrected chi connectivity index (χ3v) is 14.7. The van der Waals surface area contributed by atoms with Crippen LogP contribution >= 0.6 is 0 Å². The third-order valence-electron chi connectivity index (χ3n) is 14.7. The molecular weight excluding hydrogens is 1040 g/mol. The van der Waals surface area contributed by atoms with E-state index in [0.717, 1.165) is 5.56 Å². The molecule has 456 valence electrons. The van der Waals surface area contributed by atoms with Crippen molar-refractivity contribution in [3.05, 3.63) is 35.9 Å². The number of benzene rings is 1. The van der Waals surface area contributed by atoms with Crippen molar-refractivity contribution in [2.45, 2.75) is 175 Å². The summed E-state index contributed by atoms with van der Waals surface area (Å²) in [5.41, 5.74) is 0.798. The van der Waals surface area contributed by atoms with Gasteiger partial charge in [-0.1, -0.05) is 92.1 Å². The van der Waals surface area contributed by atoms with Crippen molar-refractivity contribution < 1.29 is 71.9 Å². The van der Waals surface area contributed by atoms with E-state index in [1.54, 1.807) is 23.8 Å². The van der Waals surface area contributed by atoms with E-state index in [9.17, 15) is 43.5 Å². The lowest BCUT2D eigenvalue weighted by atomic mass is 9.89. The molecule has 1 saturated heterocycles. The van der Waals surface area contributed by atoms with Crippen molar-refractivity contribution >= 4 is 47.5 Å². The number of ether oxygens (including phenoxy) is 6. The van der Waals surface area contributed by atoms with Gasteiger partial charge in [0.1, 0.15) is 24.7 Å². The van der Waals surface area contributed by atoms with Crippen LogP contribution in [0, 0.1) is 23.7 Å². The lowest BCUT2D eigenvalue weighted by Gasteiger charge is -2.41. The summed E-state index contributed by atoms with van der Waals surface area (Å²) in [5.74, 6) is -4.02. The number of hydrogen-bond donors (Lipinski definition) is 6. The monoisotopic (exact) mass is 1130 g/mol. The molecular formula is C57H98N8O15. The maximum atomic E-state index is 14.5. The van der Waals surface area contributed by atoms with E-state index < -0.39 is 96.6 Å². The Morgan fingerprint density at radius 2 is 1.45 bits per heavy atom. The lowest BCUT2D eigenvalue weighted by molar-refractivity contribution is -0.181. The normalized spacial score (nSPS) is 17.6. The minimum absolute atomic E-state index is 0.00388. The Labute approximate surface area is 475 Å². The minimum Gasteiger partial charge on any atom is -0.464 e. The highest BCUT2D eigenvalue weighted by atomic mass is 16.7. The van der Waals surface area contributed by atoms with Gasteiger partial charge in [0.15, 0.2) is 6.29 Å². The molecule has 1 aliphatic heterocycles. The van der Waals surface area contributed by atoms with Crippen LogP contribution in [-0.4, -0.2) is 210 Å². The van der Waals surface area contributed by atoms with Crippen molar-refractivity contribution in [1.82, 2.24) is 41.3 Å². The number of aliphatic hydroxyl groups excluding tert-OH is 1. The fourth-order valence-electron chi connectivity index (χ4n) is 9.97. The van der Waals surface area contributed by atoms with Gasteiger partial charge in [0, 0.05) is 60.9 Å². The Morgan fingerprint density at radius 1 is 0.775 bits per heavy atom. The van der Waals surface area contributed by atoms with Crippen LogP contribution in [-0.2, 0) is 68.4 Å². The van der Waals surface area contributed by atoms with E-state index in [0.29, 0.717) is 32.2 Å². The van der Waals surface area contributed by atoms with Gasteiger partial charge >= 0.3 is 12.1 Å². The molecule has 1 heterocycles. The molecule has 23 nitrogen and oxygen atoms in total. The average molecular weight is 1140 g/mol. The number of likely N-dealkylation sites (N-methyl/N-ethyl adjacent to an activating group) is 2. The van der Waals surface area contributed by atoms with Crippen molar-refractivity contribution in [3.8, 4) is 0 Å². The van der Waals surface area contributed by atoms with Gasteiger partial charge in [0.05, 0.1) is 62.0 Å². The predicted molar refractivity (Wildman–Crippen MR) is 300 cm³/mol. The number of esters is 1. The Balaban J connectivity index is 2.07. The molecule has 23 heteroatoms. The number of methoxy groups -OCH3 is 3. The quantitative estimate of drug-likeness (QED) is 0.0317. The molecule has 0 saturated carbocycles. The van der Waals surface area contributed by atoms with Crippen LogP contribution in [0.25, 0.3) is 0 Å². The number of rotatable bonds is 37. The van der Waals surface area contributed by atoms with Gasteiger partial charge < -0.3 is 69.9 Å². The summed E-state index contributed by atoms with van der Waals surface area (Å²) in [6, 6.07) is 4.92. The predicted octanol–water partition coefficient (Wildman–Crippen LogP) is 2.79. The van der Waals surface area contributed by atoms with E-state index in [2.05, 4.69) is 26.6 Å². The zero-order valence-electron chi connectivity index (χ0n) is 50.4. The summed E-state index contributed by atoms with van der Waals surface area (Å²) in [6.45, 7) is 16.6. The zero-order valence-corrected chi connectivity index (χ0v) is 50.4. The van der Waals surface area contributed by atoms with Gasteiger partial charge in [-0.25, -0.2) is 9.59 Å². The summed E-state index contributed by atoms with van der Waals surface area (Å²) < 4.78 is 33.1. The first-order valence-electron chi connectivity index (χ1n) is 28.3. The van der Waals surface area contributed by atoms with Gasteiger partial charge in [-0.15, -0.1) is 0 Å². The number of aliphatic hydroxyl groups is 1. The summed E-state index contributed by atoms with van der Waals surface area (Å²) in [4.78, 5) is 113. The molecule has 1 aromatic carbocycles. The van der Waals surface area contributed by atoms with Crippen LogP contribution < -0.4 is 26.6 Å². The third kappa shape index (κ3) is 22.8. The molecule has 1 unspecified atom stereocenters. The topological polar surface area (TPSA) is 282 Å². The standard InChI is InChI=1S/C57H98N8O15/c1-16-37(7)50(64(12)55(72)48(35(3)4)62-54(71)49(36(5)6)63(10)11)44(75-13)32-46(68)65-29-21-25-43(65)51(77-15)38(8)52(69)61-42(31-40-23-19-18-20-24-40)53(70)58-27-22-30-78-56(73)39(9)60-45(67)26-28-59-57(74)79-34-47(76-14)80-41(17-2)33-66/h18-20,23-24,35-39,41-44,47-51,66H,16-17,21-22,25-34H2,1-15H3,(H,58,70)(H,59,74)(H,60,67)(H,61,69)(H,62,71)/t37-,38+,39-,41+,42-,43-,44+,47?,48-,49-,50-,51+/m0/s1. The van der Waals surface area contributed by atoms with Crippen LogP contribution in [0.15, 0.2) is 30.3 Å². The number of carbonyl (C=O) groups is 8. The summed E-state index contributed by atoms with van der Waals surface area (Å²) in [5, 5.41) is 23.1. The fraction of sp³-hybridized carbons (Fsp3) is 0.754. The molecule has 0 spiro atoms. The molecule has 2 rings (SSSR count). The van der Waals surface area contributed by atoms with Crippen LogP contribution in [0.1, 0.15) is 113 Å². The van der Waals surface area contributed by atoms with Crippen LogP contribution in [0.3, 0.4) is 0 Å². The summed E-state index contributed by atoms with van der Waals surface area (Å²) in [6.07, 6.45) is -1.03. The Hall–Kier alpha value is -5.46. The molecule has 1 aliphatic rings. The van der Waals surface area contributed by atoms with E-state index in [4.69, 9.17) is 28.4 Å². The maximum Gasteiger partial charge on any atom is 0.407 e. The second-order valence-electron chi connectivity index (χ2n) is 21.6. The van der Waals surface area contributed by atoms with Crippen LogP contribution in [0.2, 0.25) is 0 Å². The highest BCUT2D eigenvalue weighted by Crippen LogP contribution is 2.30. The molecule has 80 heavy (non-hydrogen) atoms. The first-order valence-corrected chi connectivity index (χ1v) is 28.3. The molecule has 0 radical (unpaired) electrons. The van der Waals surface area contributed by atoms with Crippen LogP contribution in [0.5, 0.6) is 0 Å². The first kappa shape index (κ1) is 70.6. The van der Waals surface area contributed by atoms with Gasteiger partial charge in [-0.05, 0) is 70.0 Å². The Bertz CT molecular complexity index is 2060. The smallest absolute Gasteiger partial charge is 0.407 e. The van der Waals surface area contributed by atoms with E-state index in [-0.39, 0.29) is 94.1 Å². The largest absolute Gasteiger partial charge is 0.464 e. The number of nitrogens with one attached hydrogen (secondary N) is 5. The van der Waals surface area contributed by atoms with Crippen molar-refractivity contribution in [1.29, 1.82) is 0 Å². The molecule has 0 aliphatic carbocycles. The Kier molecular flexibility index (Phi) is 32.5. The molecule has 6 N–H and O–H groups in total. The second kappa shape index (κ2) is 36.8. The highest BCUT2D eigenvalue weighted by Gasteiger charge is 2.44. The zero-order chi connectivity index (χ0) is 60.2. The fourth-order valence-corrected chi connectivity index (χ4v) is 9.97. The number of nitrogens with zero attached hydrogens (tertiary/aromatic N) is 3. The Morgan fingerprint density at radius 3 is 2.01 bits per heavy atom. The number of alkyl carbamates (subject to hydrolysis) is 1. The number of likely N-dealkylation sites (tertiary alicyclic amines) is 1. The minimum atomic E-state index is -1.01. The van der Waals surface area contributed by atoms with Crippen molar-refractivity contribution in [2.75, 3.05) is 81.9 Å². The average Bonchev–Trinajstić information content (AvgIpc) is 3.92. The molecule has 0 bridgehead atoms. The van der Waals surface area contributed by atoms with Crippen molar-refractivity contribution in [3.63, 3.8) is 0 Å². The van der Waals surface area contributed by atoms with Crippen molar-refractivity contribution in [2.24, 2.45) is 23.7 Å². The number of carbonyl (C=O) groups excluding carboxylic acids is 8. The molecule has 1 aromatic rings. The molecule has 1 fully saturated rings. The van der Waals surface area contributed by atoms with E-state index in [1.807, 2.05) is 97.8 Å². The highest BCUT2D eigenvalue weighted by molar-refractivity contribution is 5.91. The van der Waals surface area contributed by atoms with Gasteiger partial charge in [-0.3, -0.25) is 33.7 Å². The van der Waals surface area contributed by atoms with Gasteiger partial charge in [-0.2, -0.15) is 0 Å². The first-order chi connectivity index (χ1) is 37.9. The maximum absolute atomic E-state index is 14.5. The SMILES string of the molecule is CC[C@H](CO)OC(COC(=O)NCCC(=O)N[C@@H](C)C(=O)OCCCNC(=O)[C@H](Cc1ccccc1)NC(=O)[C@H](C)[C@@H](OC)[C@@H]1CCCN1C(=O)C[C@@H](OC)[C@H]([C@@H](C)CC)N(C)C(=O)[C@@H](NC(=O)[C@H](C(C)C)N(C)C)C(C)C)OC. The molecule has 7 amide bonds. The van der Waals surface area contributed by atoms with E-state index in [1.165, 1.54) is 28.3 Å². The molecule has 12 atom stereocenters.